The van der Waals surface area contributed by atoms with E-state index in [9.17, 15) is 14.7 Å². The smallest absolute Gasteiger partial charge is 0.155 e. The highest BCUT2D eigenvalue weighted by Gasteiger charge is 2.67. The summed E-state index contributed by atoms with van der Waals surface area (Å²) < 4.78 is 0. The molecule has 2 aromatic carbocycles. The zero-order valence-electron chi connectivity index (χ0n) is 20.9. The zero-order valence-corrected chi connectivity index (χ0v) is 20.9. The number of nitriles is 1. The molecule has 4 nitrogen and oxygen atoms in total. The largest absolute Gasteiger partial charge is 0.389 e. The van der Waals surface area contributed by atoms with Gasteiger partial charge in [-0.2, -0.15) is 5.26 Å². The molecule has 2 aromatic rings. The molecule has 0 bridgehead atoms. The fourth-order valence-electron chi connectivity index (χ4n) is 8.41. The first-order chi connectivity index (χ1) is 17.3. The van der Waals surface area contributed by atoms with Crippen LogP contribution in [0.2, 0.25) is 0 Å². The van der Waals surface area contributed by atoms with Gasteiger partial charge in [0.25, 0.3) is 0 Å². The molecule has 0 heterocycles. The predicted molar refractivity (Wildman–Crippen MR) is 138 cm³/mol. The van der Waals surface area contributed by atoms with Crippen LogP contribution < -0.4 is 0 Å². The van der Waals surface area contributed by atoms with Crippen LogP contribution in [0.15, 0.2) is 60.7 Å². The van der Waals surface area contributed by atoms with Gasteiger partial charge in [0.1, 0.15) is 5.78 Å². The van der Waals surface area contributed by atoms with Crippen LogP contribution in [0.5, 0.6) is 0 Å². The Morgan fingerprint density at radius 1 is 0.944 bits per heavy atom. The predicted octanol–water partition coefficient (Wildman–Crippen LogP) is 5.82. The highest BCUT2D eigenvalue weighted by Crippen LogP contribution is 2.66. The zero-order chi connectivity index (χ0) is 25.1. The van der Waals surface area contributed by atoms with Gasteiger partial charge in [-0.3, -0.25) is 9.59 Å². The van der Waals surface area contributed by atoms with Crippen molar-refractivity contribution in [3.63, 3.8) is 0 Å². The normalized spacial score (nSPS) is 37.1. The van der Waals surface area contributed by atoms with Crippen LogP contribution in [0.4, 0.5) is 0 Å². The first-order valence-electron chi connectivity index (χ1n) is 13.4. The molecule has 0 spiro atoms. The molecular formula is C32H33NO3. The monoisotopic (exact) mass is 479 g/mol. The first-order valence-corrected chi connectivity index (χ1v) is 13.4. The van der Waals surface area contributed by atoms with E-state index in [0.29, 0.717) is 37.0 Å². The van der Waals surface area contributed by atoms with E-state index in [4.69, 9.17) is 5.26 Å². The van der Waals surface area contributed by atoms with Crippen LogP contribution in [0.25, 0.3) is 11.1 Å². The maximum Gasteiger partial charge on any atom is 0.155 e. The van der Waals surface area contributed by atoms with E-state index in [1.807, 2.05) is 24.3 Å². The summed E-state index contributed by atoms with van der Waals surface area (Å²) in [4.78, 5) is 25.3. The molecule has 1 unspecified atom stereocenters. The van der Waals surface area contributed by atoms with Crippen molar-refractivity contribution in [3.05, 3.63) is 71.8 Å². The van der Waals surface area contributed by atoms with Crippen molar-refractivity contribution in [1.82, 2.24) is 0 Å². The highest BCUT2D eigenvalue weighted by molar-refractivity contribution is 5.91. The summed E-state index contributed by atoms with van der Waals surface area (Å²) in [5.41, 5.74) is 2.24. The van der Waals surface area contributed by atoms with Gasteiger partial charge in [0.05, 0.1) is 17.2 Å². The van der Waals surface area contributed by atoms with Gasteiger partial charge in [-0.15, -0.1) is 0 Å². The third-order valence-electron chi connectivity index (χ3n) is 10.4. The number of aliphatic hydroxyl groups is 1. The van der Waals surface area contributed by atoms with E-state index in [0.717, 1.165) is 42.4 Å². The molecule has 6 atom stereocenters. The molecule has 36 heavy (non-hydrogen) atoms. The third kappa shape index (κ3) is 3.29. The number of hydrogen-bond donors (Lipinski definition) is 1. The van der Waals surface area contributed by atoms with Gasteiger partial charge >= 0.3 is 0 Å². The SMILES string of the molecule is C[C@]12CC[C@]3(O)[C@@H](CCC4CC(=O)C=C[C@@]43Cc3ccc(-c4ccc(C#N)cc4)cc3)[C@@H]1CCC2=O. The Bertz CT molecular complexity index is 1290. The summed E-state index contributed by atoms with van der Waals surface area (Å²) in [6.07, 6.45) is 9.66. The fourth-order valence-corrected chi connectivity index (χ4v) is 8.41. The van der Waals surface area contributed by atoms with E-state index < -0.39 is 11.0 Å². The molecule has 3 saturated carbocycles. The van der Waals surface area contributed by atoms with Gasteiger partial charge < -0.3 is 5.11 Å². The number of fused-ring (bicyclic) bond motifs is 5. The Hall–Kier alpha value is -3.03. The van der Waals surface area contributed by atoms with Crippen molar-refractivity contribution < 1.29 is 14.7 Å². The average Bonchev–Trinajstić information content (AvgIpc) is 3.19. The summed E-state index contributed by atoms with van der Waals surface area (Å²) in [6.45, 7) is 2.13. The maximum atomic E-state index is 12.8. The lowest BCUT2D eigenvalue weighted by Gasteiger charge is -2.63. The lowest BCUT2D eigenvalue weighted by molar-refractivity contribution is -0.211. The molecule has 6 rings (SSSR count). The van der Waals surface area contributed by atoms with Gasteiger partial charge in [-0.05, 0) is 91.2 Å². The van der Waals surface area contributed by atoms with Crippen LogP contribution >= 0.6 is 0 Å². The second-order valence-electron chi connectivity index (χ2n) is 11.9. The first kappa shape index (κ1) is 23.4. The minimum absolute atomic E-state index is 0.0923. The number of carbonyl (C=O) groups excluding carboxylic acids is 2. The molecule has 0 radical (unpaired) electrons. The van der Waals surface area contributed by atoms with Gasteiger partial charge in [0.15, 0.2) is 5.78 Å². The number of nitrogens with zero attached hydrogens (tertiary/aromatic N) is 1. The minimum atomic E-state index is -0.909. The van der Waals surface area contributed by atoms with E-state index in [-0.39, 0.29) is 29.0 Å². The number of hydrogen-bond acceptors (Lipinski definition) is 4. The lowest BCUT2D eigenvalue weighted by atomic mass is 9.42. The van der Waals surface area contributed by atoms with Crippen molar-refractivity contribution in [2.75, 3.05) is 0 Å². The quantitative estimate of drug-likeness (QED) is 0.602. The van der Waals surface area contributed by atoms with Crippen molar-refractivity contribution >= 4 is 11.6 Å². The van der Waals surface area contributed by atoms with E-state index in [2.05, 4.69) is 43.3 Å². The second kappa shape index (κ2) is 8.25. The molecule has 4 aliphatic rings. The number of rotatable bonds is 3. The molecule has 0 aliphatic heterocycles. The molecule has 3 fully saturated rings. The van der Waals surface area contributed by atoms with Gasteiger partial charge in [0.2, 0.25) is 0 Å². The molecule has 0 saturated heterocycles. The molecule has 0 aromatic heterocycles. The molecule has 1 N–H and O–H groups in total. The van der Waals surface area contributed by atoms with Crippen LogP contribution in [-0.4, -0.2) is 22.3 Å². The minimum Gasteiger partial charge on any atom is -0.389 e. The van der Waals surface area contributed by atoms with Gasteiger partial charge in [-0.1, -0.05) is 49.4 Å². The van der Waals surface area contributed by atoms with E-state index >= 15 is 0 Å². The third-order valence-corrected chi connectivity index (χ3v) is 10.4. The molecular weight excluding hydrogens is 446 g/mol. The Kier molecular flexibility index (Phi) is 5.36. The Balaban J connectivity index is 1.36. The maximum absolute atomic E-state index is 12.8. The van der Waals surface area contributed by atoms with Crippen molar-refractivity contribution in [1.29, 1.82) is 5.26 Å². The summed E-state index contributed by atoms with van der Waals surface area (Å²) in [6, 6.07) is 18.3. The van der Waals surface area contributed by atoms with Crippen LogP contribution in [0.3, 0.4) is 0 Å². The second-order valence-corrected chi connectivity index (χ2v) is 11.9. The molecule has 4 heteroatoms. The Morgan fingerprint density at radius 2 is 1.64 bits per heavy atom. The van der Waals surface area contributed by atoms with E-state index in [1.165, 1.54) is 0 Å². The van der Waals surface area contributed by atoms with Crippen molar-refractivity contribution in [2.24, 2.45) is 28.6 Å². The van der Waals surface area contributed by atoms with Crippen LogP contribution in [0.1, 0.15) is 63.0 Å². The summed E-state index contributed by atoms with van der Waals surface area (Å²) >= 11 is 0. The summed E-state index contributed by atoms with van der Waals surface area (Å²) in [5, 5.41) is 21.7. The van der Waals surface area contributed by atoms with Crippen molar-refractivity contribution in [2.45, 2.75) is 63.9 Å². The van der Waals surface area contributed by atoms with Crippen LogP contribution in [-0.2, 0) is 16.0 Å². The summed E-state index contributed by atoms with van der Waals surface area (Å²) in [5.74, 6) is 0.973. The highest BCUT2D eigenvalue weighted by atomic mass is 16.3. The van der Waals surface area contributed by atoms with Crippen molar-refractivity contribution in [3.8, 4) is 17.2 Å². The number of ketones is 2. The molecule has 0 amide bonds. The number of allylic oxidation sites excluding steroid dienone is 1. The lowest BCUT2D eigenvalue weighted by Crippen LogP contribution is -2.66. The number of carbonyl (C=O) groups is 2. The van der Waals surface area contributed by atoms with Gasteiger partial charge in [-0.25, -0.2) is 0 Å². The van der Waals surface area contributed by atoms with Crippen LogP contribution in [0, 0.1) is 39.9 Å². The van der Waals surface area contributed by atoms with E-state index in [1.54, 1.807) is 6.08 Å². The average molecular weight is 480 g/mol. The fraction of sp³-hybridized carbons (Fsp3) is 0.469. The standard InChI is InChI=1S/C32H33NO3/c1-30-16-17-32(36)28(27(30)12-13-29(30)35)11-10-25-18-26(34)14-15-31(25,32)19-21-2-6-23(7-3-21)24-8-4-22(20-33)5-9-24/h2-9,14-15,25,27-28,36H,10-13,16-19H2,1H3/t25?,27-,28-,30-,31+,32-/m0/s1. The Labute approximate surface area is 213 Å². The molecule has 184 valence electrons. The van der Waals surface area contributed by atoms with Gasteiger partial charge in [0, 0.05) is 23.7 Å². The summed E-state index contributed by atoms with van der Waals surface area (Å²) in [7, 11) is 0. The number of benzene rings is 2. The number of Topliss-reactive ketones (excluding diaryl/α,β-unsaturated/α-hetero) is 1. The Morgan fingerprint density at radius 3 is 2.33 bits per heavy atom. The molecule has 4 aliphatic carbocycles. The topological polar surface area (TPSA) is 78.2 Å².